The summed E-state index contributed by atoms with van der Waals surface area (Å²) in [4.78, 5) is 0. The SMILES string of the molecule is CO[C@H]1O[C@@H]2SCC34C=C[C@H](O3)[C@H]1[C@]24COC(C)(C)C(C)C. The van der Waals surface area contributed by atoms with Crippen LogP contribution in [-0.2, 0) is 18.9 Å². The maximum absolute atomic E-state index is 6.44. The molecule has 4 aliphatic heterocycles. The van der Waals surface area contributed by atoms with Gasteiger partial charge in [0.2, 0.25) is 0 Å². The van der Waals surface area contributed by atoms with Gasteiger partial charge in [-0.2, -0.15) is 0 Å². The van der Waals surface area contributed by atoms with Crippen molar-refractivity contribution in [1.29, 1.82) is 0 Å². The second-order valence-corrected chi connectivity index (χ2v) is 8.88. The number of rotatable bonds is 5. The third-order valence-corrected chi connectivity index (χ3v) is 7.79. The topological polar surface area (TPSA) is 36.9 Å². The van der Waals surface area contributed by atoms with Gasteiger partial charge in [-0.05, 0) is 19.8 Å². The van der Waals surface area contributed by atoms with Gasteiger partial charge in [-0.25, -0.2) is 0 Å². The lowest BCUT2D eigenvalue weighted by Crippen LogP contribution is -2.53. The summed E-state index contributed by atoms with van der Waals surface area (Å²) in [6, 6.07) is 0. The molecule has 0 aromatic heterocycles. The quantitative estimate of drug-likeness (QED) is 0.726. The molecule has 4 rings (SSSR count). The molecule has 0 aliphatic carbocycles. The minimum Gasteiger partial charge on any atom is -0.374 e. The van der Waals surface area contributed by atoms with E-state index in [1.807, 2.05) is 11.8 Å². The molecular weight excluding hydrogens is 300 g/mol. The van der Waals surface area contributed by atoms with E-state index >= 15 is 0 Å². The molecule has 0 radical (unpaired) electrons. The van der Waals surface area contributed by atoms with Crippen molar-refractivity contribution in [2.24, 2.45) is 17.3 Å². The third-order valence-electron chi connectivity index (χ3n) is 6.36. The molecule has 6 atom stereocenters. The second kappa shape index (κ2) is 4.73. The van der Waals surface area contributed by atoms with E-state index in [0.29, 0.717) is 12.5 Å². The van der Waals surface area contributed by atoms with Crippen LogP contribution in [0.25, 0.3) is 0 Å². The van der Waals surface area contributed by atoms with E-state index in [4.69, 9.17) is 18.9 Å². The van der Waals surface area contributed by atoms with Crippen LogP contribution in [0.1, 0.15) is 27.7 Å². The van der Waals surface area contributed by atoms with E-state index < -0.39 is 0 Å². The summed E-state index contributed by atoms with van der Waals surface area (Å²) >= 11 is 1.84. The highest BCUT2D eigenvalue weighted by atomic mass is 32.2. The highest BCUT2D eigenvalue weighted by molar-refractivity contribution is 8.00. The van der Waals surface area contributed by atoms with Gasteiger partial charge in [0.25, 0.3) is 0 Å². The molecule has 124 valence electrons. The molecule has 1 spiro atoms. The van der Waals surface area contributed by atoms with Crippen LogP contribution < -0.4 is 0 Å². The fraction of sp³-hybridized carbons (Fsp3) is 0.882. The molecule has 4 heterocycles. The number of hydrogen-bond acceptors (Lipinski definition) is 5. The Kier molecular flexibility index (Phi) is 3.32. The lowest BCUT2D eigenvalue weighted by atomic mass is 9.64. The van der Waals surface area contributed by atoms with Crippen LogP contribution in [-0.4, -0.2) is 48.5 Å². The van der Waals surface area contributed by atoms with Gasteiger partial charge in [0, 0.05) is 12.9 Å². The number of hydrogen-bond donors (Lipinski definition) is 0. The second-order valence-electron chi connectivity index (χ2n) is 7.83. The van der Waals surface area contributed by atoms with Gasteiger partial charge in [-0.1, -0.05) is 26.0 Å². The van der Waals surface area contributed by atoms with Crippen molar-refractivity contribution in [2.45, 2.75) is 56.7 Å². The standard InChI is InChI=1S/C17H26O4S/c1-10(2)15(3,4)19-8-17-12-11-6-7-16(17,21-11)9-22-14(17)20-13(12)18-5/h6-7,10-14H,8-9H2,1-5H3/t11-,12+,13-,14+,16?,17+/m0/s1. The first-order valence-electron chi connectivity index (χ1n) is 8.17. The van der Waals surface area contributed by atoms with E-state index in [9.17, 15) is 0 Å². The van der Waals surface area contributed by atoms with E-state index in [2.05, 4.69) is 39.8 Å². The van der Waals surface area contributed by atoms with Crippen LogP contribution >= 0.6 is 11.8 Å². The lowest BCUT2D eigenvalue weighted by Gasteiger charge is -2.41. The first-order chi connectivity index (χ1) is 10.4. The predicted molar refractivity (Wildman–Crippen MR) is 85.7 cm³/mol. The Bertz CT molecular complexity index is 505. The molecule has 4 nitrogen and oxygen atoms in total. The fourth-order valence-corrected chi connectivity index (χ4v) is 5.99. The minimum atomic E-state index is -0.238. The molecule has 3 saturated heterocycles. The number of methoxy groups -OCH3 is 1. The zero-order chi connectivity index (χ0) is 15.8. The molecule has 2 bridgehead atoms. The first-order valence-corrected chi connectivity index (χ1v) is 9.22. The Morgan fingerprint density at radius 2 is 2.18 bits per heavy atom. The van der Waals surface area contributed by atoms with Crippen molar-refractivity contribution in [3.05, 3.63) is 12.2 Å². The predicted octanol–water partition coefficient (Wildman–Crippen LogP) is 2.82. The average molecular weight is 326 g/mol. The molecule has 0 N–H and O–H groups in total. The number of ether oxygens (including phenoxy) is 4. The van der Waals surface area contributed by atoms with Crippen LogP contribution in [0, 0.1) is 17.3 Å². The third kappa shape index (κ3) is 1.69. The molecule has 1 unspecified atom stereocenters. The molecule has 4 aliphatic rings. The number of fused-ring (bicyclic) bond motifs is 2. The van der Waals surface area contributed by atoms with E-state index in [0.717, 1.165) is 5.75 Å². The van der Waals surface area contributed by atoms with Gasteiger partial charge in [-0.15, -0.1) is 11.8 Å². The summed E-state index contributed by atoms with van der Waals surface area (Å²) in [5.41, 5.74) is -0.418. The van der Waals surface area contributed by atoms with E-state index in [1.54, 1.807) is 7.11 Å². The van der Waals surface area contributed by atoms with Crippen LogP contribution in [0.15, 0.2) is 12.2 Å². The molecule has 0 aromatic carbocycles. The van der Waals surface area contributed by atoms with Gasteiger partial charge in [-0.3, -0.25) is 0 Å². The van der Waals surface area contributed by atoms with Crippen LogP contribution in [0.3, 0.4) is 0 Å². The molecule has 5 heteroatoms. The highest BCUT2D eigenvalue weighted by Gasteiger charge is 2.79. The summed E-state index contributed by atoms with van der Waals surface area (Å²) in [5, 5.41) is 0. The summed E-state index contributed by atoms with van der Waals surface area (Å²) in [7, 11) is 1.73. The summed E-state index contributed by atoms with van der Waals surface area (Å²) in [6.07, 6.45) is 4.36. The maximum atomic E-state index is 6.44. The Labute approximate surface area is 136 Å². The van der Waals surface area contributed by atoms with Crippen LogP contribution in [0.4, 0.5) is 0 Å². The lowest BCUT2D eigenvalue weighted by molar-refractivity contribution is -0.140. The van der Waals surface area contributed by atoms with Gasteiger partial charge in [0.05, 0.1) is 29.6 Å². The van der Waals surface area contributed by atoms with Crippen molar-refractivity contribution < 1.29 is 18.9 Å². The number of thioether (sulfide) groups is 1. The summed E-state index contributed by atoms with van der Waals surface area (Å²) in [5.74, 6) is 1.63. The average Bonchev–Trinajstić information content (AvgIpc) is 3.17. The largest absolute Gasteiger partial charge is 0.374 e. The van der Waals surface area contributed by atoms with Gasteiger partial charge in [0.15, 0.2) is 6.29 Å². The molecule has 3 fully saturated rings. The molecule has 0 amide bonds. The van der Waals surface area contributed by atoms with Crippen molar-refractivity contribution in [1.82, 2.24) is 0 Å². The minimum absolute atomic E-state index is 0.0976. The monoisotopic (exact) mass is 326 g/mol. The Morgan fingerprint density at radius 3 is 2.86 bits per heavy atom. The first kappa shape index (κ1) is 15.5. The van der Waals surface area contributed by atoms with Gasteiger partial charge in [0.1, 0.15) is 11.0 Å². The van der Waals surface area contributed by atoms with Crippen molar-refractivity contribution in [2.75, 3.05) is 19.5 Å². The van der Waals surface area contributed by atoms with E-state index in [-0.39, 0.29) is 40.4 Å². The zero-order valence-corrected chi connectivity index (χ0v) is 14.8. The van der Waals surface area contributed by atoms with Crippen LogP contribution in [0.5, 0.6) is 0 Å². The van der Waals surface area contributed by atoms with Crippen molar-refractivity contribution >= 4 is 11.8 Å². The molecule has 0 aromatic rings. The Hall–Kier alpha value is -0.0700. The molecule has 22 heavy (non-hydrogen) atoms. The summed E-state index contributed by atoms with van der Waals surface area (Å²) in [6.45, 7) is 9.42. The zero-order valence-electron chi connectivity index (χ0n) is 14.0. The maximum Gasteiger partial charge on any atom is 0.165 e. The van der Waals surface area contributed by atoms with Gasteiger partial charge < -0.3 is 18.9 Å². The smallest absolute Gasteiger partial charge is 0.165 e. The Balaban J connectivity index is 1.68. The Morgan fingerprint density at radius 1 is 1.41 bits per heavy atom. The van der Waals surface area contributed by atoms with Crippen molar-refractivity contribution in [3.8, 4) is 0 Å². The molecular formula is C17H26O4S. The molecule has 0 saturated carbocycles. The fourth-order valence-electron chi connectivity index (χ4n) is 4.25. The van der Waals surface area contributed by atoms with E-state index in [1.165, 1.54) is 0 Å². The van der Waals surface area contributed by atoms with Crippen LogP contribution in [0.2, 0.25) is 0 Å². The summed E-state index contributed by atoms with van der Waals surface area (Å²) < 4.78 is 24.7. The van der Waals surface area contributed by atoms with Crippen molar-refractivity contribution in [3.63, 3.8) is 0 Å². The van der Waals surface area contributed by atoms with Gasteiger partial charge >= 0.3 is 0 Å². The normalized spacial score (nSPS) is 48.6. The highest BCUT2D eigenvalue weighted by Crippen LogP contribution is 2.70.